The quantitative estimate of drug-likeness (QED) is 0.725. The first-order valence-electron chi connectivity index (χ1n) is 4.09. The van der Waals surface area contributed by atoms with Gasteiger partial charge in [-0.1, -0.05) is 0 Å². The fourth-order valence-corrected chi connectivity index (χ4v) is 1.16. The highest BCUT2D eigenvalue weighted by molar-refractivity contribution is 5.89. The van der Waals surface area contributed by atoms with Crippen molar-refractivity contribution in [1.29, 1.82) is 0 Å². The zero-order valence-corrected chi connectivity index (χ0v) is 7.74. The normalized spacial score (nSPS) is 10.1. The van der Waals surface area contributed by atoms with Gasteiger partial charge in [-0.3, -0.25) is 4.79 Å². The molecule has 0 aliphatic heterocycles. The summed E-state index contributed by atoms with van der Waals surface area (Å²) >= 11 is 0. The summed E-state index contributed by atoms with van der Waals surface area (Å²) in [6, 6.07) is 1.37. The molecule has 1 aromatic rings. The number of carboxylic acid groups (broad SMARTS) is 1. The van der Waals surface area contributed by atoms with E-state index in [1.165, 1.54) is 19.4 Å². The topological polar surface area (TPSA) is 79.4 Å². The van der Waals surface area contributed by atoms with Gasteiger partial charge in [0.25, 0.3) is 5.56 Å². The van der Waals surface area contributed by atoms with E-state index in [1.807, 2.05) is 0 Å². The smallest absolute Gasteiger partial charge is 0.336 e. The molecule has 0 bridgehead atoms. The van der Waals surface area contributed by atoms with E-state index in [-0.39, 0.29) is 16.7 Å². The number of aromatic amines is 1. The van der Waals surface area contributed by atoms with Crippen molar-refractivity contribution in [2.45, 2.75) is 6.42 Å². The predicted octanol–water partition coefficient (Wildman–Crippen LogP) is 0.262. The molecule has 0 aliphatic carbocycles. The van der Waals surface area contributed by atoms with Gasteiger partial charge in [0.1, 0.15) is 0 Å². The Hall–Kier alpha value is -1.62. The van der Waals surface area contributed by atoms with Gasteiger partial charge < -0.3 is 14.8 Å². The molecule has 0 saturated heterocycles. The van der Waals surface area contributed by atoms with Crippen LogP contribution < -0.4 is 5.56 Å². The molecular formula is C9H11NO4. The SMILES string of the molecule is COCCc1c(C(=O)O)cc[nH]c1=O. The van der Waals surface area contributed by atoms with Crippen LogP contribution in [0.5, 0.6) is 0 Å². The second kappa shape index (κ2) is 4.57. The Labute approximate surface area is 80.3 Å². The molecule has 1 heterocycles. The molecule has 0 saturated carbocycles. The summed E-state index contributed by atoms with van der Waals surface area (Å²) in [6.45, 7) is 0.327. The monoisotopic (exact) mass is 197 g/mol. The highest BCUT2D eigenvalue weighted by Gasteiger charge is 2.12. The Morgan fingerprint density at radius 2 is 2.36 bits per heavy atom. The van der Waals surface area contributed by atoms with Crippen molar-refractivity contribution in [3.05, 3.63) is 33.7 Å². The zero-order valence-electron chi connectivity index (χ0n) is 7.74. The number of pyridine rings is 1. The Kier molecular flexibility index (Phi) is 3.41. The van der Waals surface area contributed by atoms with E-state index in [4.69, 9.17) is 9.84 Å². The number of aromatic nitrogens is 1. The summed E-state index contributed by atoms with van der Waals surface area (Å²) in [6.07, 6.45) is 1.62. The molecule has 0 amide bonds. The Morgan fingerprint density at radius 3 is 2.93 bits per heavy atom. The van der Waals surface area contributed by atoms with Crippen molar-refractivity contribution in [2.75, 3.05) is 13.7 Å². The van der Waals surface area contributed by atoms with Crippen LogP contribution >= 0.6 is 0 Å². The lowest BCUT2D eigenvalue weighted by Crippen LogP contribution is -2.19. The molecule has 0 spiro atoms. The third kappa shape index (κ3) is 2.20. The van der Waals surface area contributed by atoms with Crippen LogP contribution in [-0.2, 0) is 11.2 Å². The molecule has 5 heteroatoms. The lowest BCUT2D eigenvalue weighted by Gasteiger charge is -2.03. The number of hydrogen-bond acceptors (Lipinski definition) is 3. The van der Waals surface area contributed by atoms with E-state index in [2.05, 4.69) is 4.98 Å². The number of rotatable bonds is 4. The van der Waals surface area contributed by atoms with E-state index in [0.717, 1.165) is 0 Å². The number of aromatic carboxylic acids is 1. The van der Waals surface area contributed by atoms with Crippen molar-refractivity contribution < 1.29 is 14.6 Å². The van der Waals surface area contributed by atoms with Crippen LogP contribution in [0, 0.1) is 0 Å². The van der Waals surface area contributed by atoms with Crippen LogP contribution in [0.25, 0.3) is 0 Å². The Bertz CT molecular complexity index is 383. The third-order valence-corrected chi connectivity index (χ3v) is 1.85. The molecule has 0 atom stereocenters. The lowest BCUT2D eigenvalue weighted by atomic mass is 10.1. The molecule has 5 nitrogen and oxygen atoms in total. The molecule has 0 fully saturated rings. The number of nitrogens with one attached hydrogen (secondary N) is 1. The van der Waals surface area contributed by atoms with E-state index in [1.54, 1.807) is 0 Å². The first-order chi connectivity index (χ1) is 6.66. The van der Waals surface area contributed by atoms with Gasteiger partial charge in [-0.15, -0.1) is 0 Å². The Morgan fingerprint density at radius 1 is 1.64 bits per heavy atom. The third-order valence-electron chi connectivity index (χ3n) is 1.85. The average Bonchev–Trinajstić information content (AvgIpc) is 2.15. The molecule has 76 valence electrons. The fraction of sp³-hybridized carbons (Fsp3) is 0.333. The van der Waals surface area contributed by atoms with Crippen molar-refractivity contribution in [2.24, 2.45) is 0 Å². The molecule has 14 heavy (non-hydrogen) atoms. The van der Waals surface area contributed by atoms with E-state index in [9.17, 15) is 9.59 Å². The van der Waals surface area contributed by atoms with Crippen LogP contribution in [0.15, 0.2) is 17.1 Å². The number of hydrogen-bond donors (Lipinski definition) is 2. The maximum atomic E-state index is 11.3. The van der Waals surface area contributed by atoms with Crippen molar-refractivity contribution >= 4 is 5.97 Å². The standard InChI is InChI=1S/C9H11NO4/c1-14-5-3-6-7(9(12)13)2-4-10-8(6)11/h2,4H,3,5H2,1H3,(H,10,11)(H,12,13). The molecule has 0 aliphatic rings. The van der Waals surface area contributed by atoms with Crippen LogP contribution in [0.3, 0.4) is 0 Å². The van der Waals surface area contributed by atoms with Gasteiger partial charge in [0.05, 0.1) is 12.2 Å². The van der Waals surface area contributed by atoms with Gasteiger partial charge in [-0.2, -0.15) is 0 Å². The molecular weight excluding hydrogens is 186 g/mol. The minimum Gasteiger partial charge on any atom is -0.478 e. The lowest BCUT2D eigenvalue weighted by molar-refractivity contribution is 0.0695. The second-order valence-corrected chi connectivity index (χ2v) is 2.75. The van der Waals surface area contributed by atoms with Crippen LogP contribution in [0.2, 0.25) is 0 Å². The van der Waals surface area contributed by atoms with Gasteiger partial charge in [0.2, 0.25) is 0 Å². The van der Waals surface area contributed by atoms with E-state index in [0.29, 0.717) is 13.0 Å². The fourth-order valence-electron chi connectivity index (χ4n) is 1.16. The summed E-state index contributed by atoms with van der Waals surface area (Å²) in [7, 11) is 1.50. The van der Waals surface area contributed by atoms with Crippen LogP contribution in [0.4, 0.5) is 0 Å². The van der Waals surface area contributed by atoms with Gasteiger partial charge >= 0.3 is 5.97 Å². The molecule has 0 radical (unpaired) electrons. The molecule has 0 aromatic carbocycles. The number of methoxy groups -OCH3 is 1. The minimum atomic E-state index is -1.10. The van der Waals surface area contributed by atoms with Gasteiger partial charge in [-0.05, 0) is 6.07 Å². The maximum Gasteiger partial charge on any atom is 0.336 e. The van der Waals surface area contributed by atoms with Gasteiger partial charge in [0, 0.05) is 25.3 Å². The molecule has 0 unspecified atom stereocenters. The maximum absolute atomic E-state index is 11.3. The summed E-state index contributed by atoms with van der Waals surface area (Å²) < 4.78 is 4.79. The molecule has 1 rings (SSSR count). The van der Waals surface area contributed by atoms with E-state index < -0.39 is 5.97 Å². The highest BCUT2D eigenvalue weighted by Crippen LogP contribution is 2.03. The second-order valence-electron chi connectivity index (χ2n) is 2.75. The summed E-state index contributed by atoms with van der Waals surface area (Å²) in [4.78, 5) is 24.4. The summed E-state index contributed by atoms with van der Waals surface area (Å²) in [5, 5.41) is 8.80. The minimum absolute atomic E-state index is 0.0331. The number of carbonyl (C=O) groups is 1. The predicted molar refractivity (Wildman–Crippen MR) is 49.6 cm³/mol. The number of carboxylic acids is 1. The largest absolute Gasteiger partial charge is 0.478 e. The highest BCUT2D eigenvalue weighted by atomic mass is 16.5. The van der Waals surface area contributed by atoms with Crippen molar-refractivity contribution in [3.63, 3.8) is 0 Å². The molecule has 1 aromatic heterocycles. The van der Waals surface area contributed by atoms with Crippen molar-refractivity contribution in [1.82, 2.24) is 4.98 Å². The van der Waals surface area contributed by atoms with Crippen LogP contribution in [-0.4, -0.2) is 29.8 Å². The van der Waals surface area contributed by atoms with Gasteiger partial charge in [0.15, 0.2) is 0 Å². The zero-order chi connectivity index (χ0) is 10.6. The Balaban J connectivity index is 3.09. The number of H-pyrrole nitrogens is 1. The number of ether oxygens (including phenoxy) is 1. The summed E-state index contributed by atoms with van der Waals surface area (Å²) in [5.41, 5.74) is -0.0883. The van der Waals surface area contributed by atoms with Gasteiger partial charge in [-0.25, -0.2) is 4.79 Å². The van der Waals surface area contributed by atoms with Crippen LogP contribution in [0.1, 0.15) is 15.9 Å². The first-order valence-corrected chi connectivity index (χ1v) is 4.09. The average molecular weight is 197 g/mol. The first kappa shape index (κ1) is 10.5. The summed E-state index contributed by atoms with van der Waals surface area (Å²) in [5.74, 6) is -1.10. The van der Waals surface area contributed by atoms with E-state index >= 15 is 0 Å². The van der Waals surface area contributed by atoms with Crippen molar-refractivity contribution in [3.8, 4) is 0 Å². The molecule has 2 N–H and O–H groups in total.